The van der Waals surface area contributed by atoms with Gasteiger partial charge in [-0.1, -0.05) is 48.0 Å². The highest BCUT2D eigenvalue weighted by Crippen LogP contribution is 2.19. The number of nitrogens with zero attached hydrogens (tertiary/aromatic N) is 3. The van der Waals surface area contributed by atoms with Crippen molar-refractivity contribution < 1.29 is 0 Å². The number of hydrogen-bond donors (Lipinski definition) is 2. The van der Waals surface area contributed by atoms with E-state index in [1.165, 1.54) is 0 Å². The molecule has 3 rings (SSSR count). The van der Waals surface area contributed by atoms with E-state index in [0.29, 0.717) is 16.3 Å². The van der Waals surface area contributed by atoms with E-state index in [-0.39, 0.29) is 11.5 Å². The first kappa shape index (κ1) is 17.4. The zero-order valence-electron chi connectivity index (χ0n) is 13.8. The molecular formula is C19H14ClN5O. The molecule has 128 valence electrons. The van der Waals surface area contributed by atoms with E-state index in [4.69, 9.17) is 11.6 Å². The molecule has 0 unspecified atom stereocenters. The Kier molecular flexibility index (Phi) is 5.11. The molecule has 0 saturated heterocycles. The average molecular weight is 364 g/mol. The van der Waals surface area contributed by atoms with Gasteiger partial charge in [-0.2, -0.15) is 10.4 Å². The summed E-state index contributed by atoms with van der Waals surface area (Å²) in [6, 6.07) is 16.4. The van der Waals surface area contributed by atoms with E-state index in [2.05, 4.69) is 20.5 Å². The smallest absolute Gasteiger partial charge is 0.270 e. The van der Waals surface area contributed by atoms with Gasteiger partial charge in [-0.05, 0) is 30.2 Å². The summed E-state index contributed by atoms with van der Waals surface area (Å²) < 4.78 is 0. The number of nitrogens with one attached hydrogen (secondary N) is 2. The summed E-state index contributed by atoms with van der Waals surface area (Å²) >= 11 is 5.93. The topological polar surface area (TPSA) is 93.9 Å². The Hall–Kier alpha value is -3.43. The van der Waals surface area contributed by atoms with Gasteiger partial charge >= 0.3 is 0 Å². The molecule has 2 N–H and O–H groups in total. The number of hydrogen-bond acceptors (Lipinski definition) is 5. The number of rotatable bonds is 4. The number of H-pyrrole nitrogens is 1. The molecule has 0 radical (unpaired) electrons. The molecule has 0 spiro atoms. The second-order valence-corrected chi connectivity index (χ2v) is 5.92. The monoisotopic (exact) mass is 363 g/mol. The first-order valence-electron chi connectivity index (χ1n) is 7.73. The molecule has 26 heavy (non-hydrogen) atoms. The quantitative estimate of drug-likeness (QED) is 0.545. The van der Waals surface area contributed by atoms with Gasteiger partial charge in [0, 0.05) is 10.6 Å². The minimum absolute atomic E-state index is 0.0423. The summed E-state index contributed by atoms with van der Waals surface area (Å²) in [7, 11) is 0. The van der Waals surface area contributed by atoms with Gasteiger partial charge in [0.2, 0.25) is 5.95 Å². The summed E-state index contributed by atoms with van der Waals surface area (Å²) in [5, 5.41) is 14.0. The second-order valence-electron chi connectivity index (χ2n) is 5.49. The van der Waals surface area contributed by atoms with Crippen LogP contribution in [0.25, 0.3) is 11.3 Å². The molecule has 0 atom stereocenters. The summed E-state index contributed by atoms with van der Waals surface area (Å²) in [5.41, 5.74) is 4.95. The Balaban J connectivity index is 1.92. The summed E-state index contributed by atoms with van der Waals surface area (Å²) in [6.07, 6.45) is 1.60. The molecule has 0 amide bonds. The van der Waals surface area contributed by atoms with Crippen molar-refractivity contribution in [3.63, 3.8) is 0 Å². The Labute approximate surface area is 154 Å². The lowest BCUT2D eigenvalue weighted by molar-refractivity contribution is 1.08. The van der Waals surface area contributed by atoms with Gasteiger partial charge in [0.1, 0.15) is 11.6 Å². The van der Waals surface area contributed by atoms with Crippen molar-refractivity contribution in [1.82, 2.24) is 9.97 Å². The maximum absolute atomic E-state index is 12.2. The molecule has 1 heterocycles. The molecule has 7 heteroatoms. The number of nitriles is 1. The minimum Gasteiger partial charge on any atom is -0.290 e. The number of aromatic amines is 1. The molecule has 0 bridgehead atoms. The van der Waals surface area contributed by atoms with E-state index in [0.717, 1.165) is 11.1 Å². The first-order chi connectivity index (χ1) is 12.6. The van der Waals surface area contributed by atoms with Crippen molar-refractivity contribution in [1.29, 1.82) is 5.26 Å². The minimum atomic E-state index is -0.526. The fourth-order valence-electron chi connectivity index (χ4n) is 2.38. The van der Waals surface area contributed by atoms with E-state index in [1.807, 2.05) is 43.3 Å². The molecule has 3 aromatic rings. The number of aromatic nitrogens is 2. The van der Waals surface area contributed by atoms with Gasteiger partial charge in [-0.25, -0.2) is 10.4 Å². The number of benzene rings is 2. The van der Waals surface area contributed by atoms with Crippen LogP contribution in [0.1, 0.15) is 16.7 Å². The Morgan fingerprint density at radius 3 is 2.73 bits per heavy atom. The third-order valence-electron chi connectivity index (χ3n) is 3.68. The SMILES string of the molecule is Cc1cc(Cl)ccc1C=NNc1nc(-c2ccccc2)c(C#N)c(=O)[nH]1. The normalized spacial score (nSPS) is 10.7. The van der Waals surface area contributed by atoms with Crippen molar-refractivity contribution in [2.24, 2.45) is 5.10 Å². The second kappa shape index (κ2) is 7.64. The van der Waals surface area contributed by atoms with Crippen LogP contribution in [0.5, 0.6) is 0 Å². The molecule has 0 aliphatic rings. The molecule has 0 aliphatic heterocycles. The van der Waals surface area contributed by atoms with Crippen LogP contribution in [0.2, 0.25) is 5.02 Å². The van der Waals surface area contributed by atoms with Gasteiger partial charge < -0.3 is 0 Å². The Morgan fingerprint density at radius 2 is 2.04 bits per heavy atom. The Bertz CT molecular complexity index is 1070. The van der Waals surface area contributed by atoms with Crippen LogP contribution in [0.3, 0.4) is 0 Å². The average Bonchev–Trinajstić information content (AvgIpc) is 2.64. The van der Waals surface area contributed by atoms with Gasteiger partial charge in [-0.15, -0.1) is 0 Å². The highest BCUT2D eigenvalue weighted by molar-refractivity contribution is 6.30. The van der Waals surface area contributed by atoms with Crippen LogP contribution in [0, 0.1) is 18.3 Å². The Morgan fingerprint density at radius 1 is 1.27 bits per heavy atom. The highest BCUT2D eigenvalue weighted by Gasteiger charge is 2.12. The summed E-state index contributed by atoms with van der Waals surface area (Å²) in [4.78, 5) is 19.0. The number of anilines is 1. The number of hydrazone groups is 1. The van der Waals surface area contributed by atoms with Crippen molar-refractivity contribution in [2.75, 3.05) is 5.43 Å². The number of halogens is 1. The van der Waals surface area contributed by atoms with Crippen LogP contribution < -0.4 is 11.0 Å². The standard InChI is InChI=1S/C19H14ClN5O/c1-12-9-15(20)8-7-14(12)11-22-25-19-23-17(13-5-3-2-4-6-13)16(10-21)18(26)24-19/h2-9,11H,1H3,(H2,23,24,25,26). The van der Waals surface area contributed by atoms with Crippen LogP contribution >= 0.6 is 11.6 Å². The predicted octanol–water partition coefficient (Wildman–Crippen LogP) is 3.72. The van der Waals surface area contributed by atoms with E-state index >= 15 is 0 Å². The predicted molar refractivity (Wildman–Crippen MR) is 102 cm³/mol. The molecule has 0 saturated carbocycles. The maximum Gasteiger partial charge on any atom is 0.270 e. The van der Waals surface area contributed by atoms with Crippen LogP contribution in [-0.2, 0) is 0 Å². The molecular weight excluding hydrogens is 350 g/mol. The van der Waals surface area contributed by atoms with Gasteiger partial charge in [0.15, 0.2) is 0 Å². The highest BCUT2D eigenvalue weighted by atomic mass is 35.5. The third kappa shape index (κ3) is 3.79. The van der Waals surface area contributed by atoms with E-state index in [9.17, 15) is 10.1 Å². The lowest BCUT2D eigenvalue weighted by atomic mass is 10.1. The van der Waals surface area contributed by atoms with Crippen LogP contribution in [-0.4, -0.2) is 16.2 Å². The summed E-state index contributed by atoms with van der Waals surface area (Å²) in [6.45, 7) is 1.92. The first-order valence-corrected chi connectivity index (χ1v) is 8.11. The lowest BCUT2D eigenvalue weighted by Gasteiger charge is -2.06. The molecule has 0 fully saturated rings. The fourth-order valence-corrected chi connectivity index (χ4v) is 2.61. The largest absolute Gasteiger partial charge is 0.290 e. The van der Waals surface area contributed by atoms with E-state index < -0.39 is 5.56 Å². The molecule has 2 aromatic carbocycles. The fraction of sp³-hybridized carbons (Fsp3) is 0.0526. The van der Waals surface area contributed by atoms with E-state index in [1.54, 1.807) is 24.4 Å². The zero-order valence-corrected chi connectivity index (χ0v) is 14.6. The third-order valence-corrected chi connectivity index (χ3v) is 3.92. The van der Waals surface area contributed by atoms with Gasteiger partial charge in [0.05, 0.1) is 11.9 Å². The van der Waals surface area contributed by atoms with Gasteiger partial charge in [0.25, 0.3) is 5.56 Å². The lowest BCUT2D eigenvalue weighted by Crippen LogP contribution is -2.16. The van der Waals surface area contributed by atoms with Crippen LogP contribution in [0.4, 0.5) is 5.95 Å². The van der Waals surface area contributed by atoms with Gasteiger partial charge in [-0.3, -0.25) is 9.78 Å². The molecule has 6 nitrogen and oxygen atoms in total. The number of aryl methyl sites for hydroxylation is 1. The molecule has 1 aromatic heterocycles. The van der Waals surface area contributed by atoms with Crippen molar-refractivity contribution in [2.45, 2.75) is 6.92 Å². The zero-order chi connectivity index (χ0) is 18.5. The van der Waals surface area contributed by atoms with Crippen LogP contribution in [0.15, 0.2) is 58.4 Å². The van der Waals surface area contributed by atoms with Crippen molar-refractivity contribution in [3.8, 4) is 17.3 Å². The van der Waals surface area contributed by atoms with Crippen molar-refractivity contribution in [3.05, 3.63) is 80.6 Å². The maximum atomic E-state index is 12.2. The van der Waals surface area contributed by atoms with Crippen molar-refractivity contribution >= 4 is 23.8 Å². The molecule has 0 aliphatic carbocycles. The summed E-state index contributed by atoms with van der Waals surface area (Å²) in [5.74, 6) is 0.149.